The van der Waals surface area contributed by atoms with E-state index in [1.807, 2.05) is 33.2 Å². The van der Waals surface area contributed by atoms with Crippen molar-refractivity contribution in [2.75, 3.05) is 6.61 Å². The molecule has 0 bridgehead atoms. The van der Waals surface area contributed by atoms with E-state index in [1.54, 1.807) is 0 Å². The van der Waals surface area contributed by atoms with Crippen LogP contribution in [0.4, 0.5) is 0 Å². The Kier molecular flexibility index (Phi) is 3.29. The van der Waals surface area contributed by atoms with E-state index in [1.165, 1.54) is 0 Å². The van der Waals surface area contributed by atoms with Gasteiger partial charge in [-0.15, -0.1) is 0 Å². The third kappa shape index (κ3) is 2.66. The van der Waals surface area contributed by atoms with Crippen LogP contribution in [0.3, 0.4) is 0 Å². The molecule has 0 amide bonds. The molecule has 1 heterocycles. The Balaban J connectivity index is 2.29. The first kappa shape index (κ1) is 9.26. The van der Waals surface area contributed by atoms with E-state index < -0.39 is 0 Å². The van der Waals surface area contributed by atoms with Crippen LogP contribution in [0.2, 0.25) is 0 Å². The molecular weight excluding hydrogens is 152 g/mol. The van der Waals surface area contributed by atoms with Crippen molar-refractivity contribution in [1.29, 1.82) is 0 Å². The van der Waals surface area contributed by atoms with Crippen molar-refractivity contribution < 1.29 is 4.74 Å². The second kappa shape index (κ2) is 4.26. The second-order valence-electron chi connectivity index (χ2n) is 3.09. The molecule has 0 radical (unpaired) electrons. The highest BCUT2D eigenvalue weighted by atomic mass is 16.5. The summed E-state index contributed by atoms with van der Waals surface area (Å²) in [6.07, 6.45) is 4.10. The molecule has 3 heteroatoms. The zero-order valence-corrected chi connectivity index (χ0v) is 7.95. The summed E-state index contributed by atoms with van der Waals surface area (Å²) in [5.41, 5.74) is 0. The first-order valence-corrected chi connectivity index (χ1v) is 4.29. The second-order valence-corrected chi connectivity index (χ2v) is 3.09. The van der Waals surface area contributed by atoms with Crippen LogP contribution in [0.1, 0.15) is 19.7 Å². The van der Waals surface area contributed by atoms with Gasteiger partial charge in [0.25, 0.3) is 0 Å². The minimum absolute atomic E-state index is 0.314. The molecule has 1 aromatic heterocycles. The van der Waals surface area contributed by atoms with E-state index in [9.17, 15) is 0 Å². The van der Waals surface area contributed by atoms with E-state index in [2.05, 4.69) is 9.55 Å². The molecule has 0 aliphatic heterocycles. The molecular formula is C9H16N2O. The van der Waals surface area contributed by atoms with Crippen LogP contribution in [0.5, 0.6) is 0 Å². The summed E-state index contributed by atoms with van der Waals surface area (Å²) in [6, 6.07) is 0. The molecule has 1 aromatic rings. The summed E-state index contributed by atoms with van der Waals surface area (Å²) < 4.78 is 7.51. The highest BCUT2D eigenvalue weighted by molar-refractivity contribution is 4.87. The summed E-state index contributed by atoms with van der Waals surface area (Å²) >= 11 is 0. The Morgan fingerprint density at radius 2 is 2.33 bits per heavy atom. The van der Waals surface area contributed by atoms with Crippen molar-refractivity contribution in [2.45, 2.75) is 33.4 Å². The molecule has 0 saturated carbocycles. The van der Waals surface area contributed by atoms with Crippen molar-refractivity contribution in [3.63, 3.8) is 0 Å². The highest BCUT2D eigenvalue weighted by Gasteiger charge is 1.97. The maximum Gasteiger partial charge on any atom is 0.105 e. The Labute approximate surface area is 73.4 Å². The Bertz CT molecular complexity index is 230. The van der Waals surface area contributed by atoms with Crippen molar-refractivity contribution >= 4 is 0 Å². The van der Waals surface area contributed by atoms with Gasteiger partial charge in [-0.3, -0.25) is 0 Å². The number of aromatic nitrogens is 2. The third-order valence-electron chi connectivity index (χ3n) is 1.71. The lowest BCUT2D eigenvalue weighted by Crippen LogP contribution is -2.10. The summed E-state index contributed by atoms with van der Waals surface area (Å²) in [5.74, 6) is 1.04. The molecule has 12 heavy (non-hydrogen) atoms. The number of imidazole rings is 1. The van der Waals surface area contributed by atoms with Crippen LogP contribution in [0, 0.1) is 6.92 Å². The van der Waals surface area contributed by atoms with Gasteiger partial charge in [0.05, 0.1) is 12.7 Å². The summed E-state index contributed by atoms with van der Waals surface area (Å²) in [7, 11) is 0. The minimum atomic E-state index is 0.314. The van der Waals surface area contributed by atoms with Gasteiger partial charge in [0.15, 0.2) is 0 Å². The zero-order valence-electron chi connectivity index (χ0n) is 7.95. The third-order valence-corrected chi connectivity index (χ3v) is 1.71. The average Bonchev–Trinajstić information content (AvgIpc) is 2.36. The molecule has 0 aromatic carbocycles. The molecule has 0 fully saturated rings. The van der Waals surface area contributed by atoms with Crippen molar-refractivity contribution in [3.8, 4) is 0 Å². The average molecular weight is 168 g/mol. The van der Waals surface area contributed by atoms with Gasteiger partial charge < -0.3 is 9.30 Å². The first-order chi connectivity index (χ1) is 5.70. The SMILES string of the molecule is Cc1nccn1CCOC(C)C. The molecule has 0 atom stereocenters. The van der Waals surface area contributed by atoms with Gasteiger partial charge in [-0.05, 0) is 20.8 Å². The first-order valence-electron chi connectivity index (χ1n) is 4.29. The monoisotopic (exact) mass is 168 g/mol. The van der Waals surface area contributed by atoms with Gasteiger partial charge in [-0.1, -0.05) is 0 Å². The smallest absolute Gasteiger partial charge is 0.105 e. The number of rotatable bonds is 4. The Morgan fingerprint density at radius 1 is 1.58 bits per heavy atom. The Hall–Kier alpha value is -0.830. The lowest BCUT2D eigenvalue weighted by molar-refractivity contribution is 0.0724. The standard InChI is InChI=1S/C9H16N2O/c1-8(2)12-7-6-11-5-4-10-9(11)3/h4-5,8H,6-7H2,1-3H3. The molecule has 3 nitrogen and oxygen atoms in total. The molecule has 0 unspecified atom stereocenters. The minimum Gasteiger partial charge on any atom is -0.377 e. The molecule has 0 aliphatic rings. The number of hydrogen-bond acceptors (Lipinski definition) is 2. The Morgan fingerprint density at radius 3 is 2.83 bits per heavy atom. The molecule has 68 valence electrons. The maximum absolute atomic E-state index is 5.42. The number of nitrogens with zero attached hydrogens (tertiary/aromatic N) is 2. The maximum atomic E-state index is 5.42. The van der Waals surface area contributed by atoms with E-state index in [4.69, 9.17) is 4.74 Å². The fraction of sp³-hybridized carbons (Fsp3) is 0.667. The molecule has 0 spiro atoms. The van der Waals surface area contributed by atoms with Crippen LogP contribution in [-0.2, 0) is 11.3 Å². The van der Waals surface area contributed by atoms with Crippen LogP contribution >= 0.6 is 0 Å². The fourth-order valence-corrected chi connectivity index (χ4v) is 1.03. The van der Waals surface area contributed by atoms with E-state index in [0.717, 1.165) is 19.0 Å². The molecule has 0 aliphatic carbocycles. The van der Waals surface area contributed by atoms with Crippen molar-refractivity contribution in [3.05, 3.63) is 18.2 Å². The quantitative estimate of drug-likeness (QED) is 0.683. The van der Waals surface area contributed by atoms with Crippen LogP contribution in [0.25, 0.3) is 0 Å². The molecule has 1 rings (SSSR count). The van der Waals surface area contributed by atoms with Crippen LogP contribution < -0.4 is 0 Å². The predicted octanol–water partition coefficient (Wildman–Crippen LogP) is 1.62. The van der Waals surface area contributed by atoms with Crippen LogP contribution in [-0.4, -0.2) is 22.3 Å². The molecule has 0 N–H and O–H groups in total. The topological polar surface area (TPSA) is 27.1 Å². The van der Waals surface area contributed by atoms with E-state index in [-0.39, 0.29) is 0 Å². The summed E-state index contributed by atoms with van der Waals surface area (Å²) in [5, 5.41) is 0. The van der Waals surface area contributed by atoms with Gasteiger partial charge in [0.2, 0.25) is 0 Å². The largest absolute Gasteiger partial charge is 0.377 e. The molecule has 0 saturated heterocycles. The summed E-state index contributed by atoms with van der Waals surface area (Å²) in [6.45, 7) is 7.73. The lowest BCUT2D eigenvalue weighted by atomic mass is 10.5. The van der Waals surface area contributed by atoms with Gasteiger partial charge in [0, 0.05) is 18.9 Å². The normalized spacial score (nSPS) is 11.0. The van der Waals surface area contributed by atoms with Gasteiger partial charge in [-0.2, -0.15) is 0 Å². The zero-order chi connectivity index (χ0) is 8.97. The number of ether oxygens (including phenoxy) is 1. The number of aryl methyl sites for hydroxylation is 1. The highest BCUT2D eigenvalue weighted by Crippen LogP contribution is 1.96. The van der Waals surface area contributed by atoms with Gasteiger partial charge >= 0.3 is 0 Å². The van der Waals surface area contributed by atoms with Crippen molar-refractivity contribution in [2.24, 2.45) is 0 Å². The van der Waals surface area contributed by atoms with Crippen molar-refractivity contribution in [1.82, 2.24) is 9.55 Å². The van der Waals surface area contributed by atoms with E-state index >= 15 is 0 Å². The fourth-order valence-electron chi connectivity index (χ4n) is 1.03. The van der Waals surface area contributed by atoms with Gasteiger partial charge in [-0.25, -0.2) is 4.98 Å². The van der Waals surface area contributed by atoms with Gasteiger partial charge in [0.1, 0.15) is 5.82 Å². The predicted molar refractivity (Wildman–Crippen MR) is 48.1 cm³/mol. The number of hydrogen-bond donors (Lipinski definition) is 0. The van der Waals surface area contributed by atoms with Crippen LogP contribution in [0.15, 0.2) is 12.4 Å². The lowest BCUT2D eigenvalue weighted by Gasteiger charge is -2.08. The van der Waals surface area contributed by atoms with E-state index in [0.29, 0.717) is 6.10 Å². The summed E-state index contributed by atoms with van der Waals surface area (Å²) in [4.78, 5) is 4.12.